The van der Waals surface area contributed by atoms with E-state index < -0.39 is 10.0 Å². The number of aromatic nitrogens is 1. The highest BCUT2D eigenvalue weighted by Gasteiger charge is 2.25. The molecule has 0 spiro atoms. The summed E-state index contributed by atoms with van der Waals surface area (Å²) in [6, 6.07) is 11.8. The summed E-state index contributed by atoms with van der Waals surface area (Å²) >= 11 is 1.31. The summed E-state index contributed by atoms with van der Waals surface area (Å²) in [5, 5.41) is 3.57. The van der Waals surface area contributed by atoms with Crippen molar-refractivity contribution in [1.29, 1.82) is 0 Å². The molecular formula is C24H33N3O3S2. The lowest BCUT2D eigenvalue weighted by molar-refractivity contribution is -0.118. The van der Waals surface area contributed by atoms with Crippen LogP contribution >= 0.6 is 11.8 Å². The van der Waals surface area contributed by atoms with Crippen LogP contribution in [0.25, 0.3) is 0 Å². The van der Waals surface area contributed by atoms with Crippen LogP contribution in [0.3, 0.4) is 0 Å². The van der Waals surface area contributed by atoms with Crippen LogP contribution in [0.1, 0.15) is 56.6 Å². The smallest absolute Gasteiger partial charge is 0.244 e. The topological polar surface area (TPSA) is 79.4 Å². The van der Waals surface area contributed by atoms with Gasteiger partial charge in [0.2, 0.25) is 15.9 Å². The lowest BCUT2D eigenvalue weighted by Gasteiger charge is -2.19. The van der Waals surface area contributed by atoms with Crippen LogP contribution < -0.4 is 5.32 Å². The minimum Gasteiger partial charge on any atom is -0.355 e. The van der Waals surface area contributed by atoms with Crippen molar-refractivity contribution >= 4 is 27.7 Å². The number of hydrogen-bond donors (Lipinski definition) is 1. The van der Waals surface area contributed by atoms with Gasteiger partial charge in [-0.15, -0.1) is 0 Å². The Kier molecular flexibility index (Phi) is 9.13. The van der Waals surface area contributed by atoms with Gasteiger partial charge in [0, 0.05) is 25.8 Å². The highest BCUT2D eigenvalue weighted by atomic mass is 32.2. The first-order chi connectivity index (χ1) is 15.4. The lowest BCUT2D eigenvalue weighted by Crippen LogP contribution is -2.32. The van der Waals surface area contributed by atoms with Gasteiger partial charge in [-0.2, -0.15) is 4.31 Å². The molecule has 3 rings (SSSR count). The Labute approximate surface area is 196 Å². The summed E-state index contributed by atoms with van der Waals surface area (Å²) in [5.74, 6) is 0.701. The highest BCUT2D eigenvalue weighted by Crippen LogP contribution is 2.22. The van der Waals surface area contributed by atoms with E-state index in [-0.39, 0.29) is 16.6 Å². The molecule has 1 aliphatic rings. The number of sulfonamides is 1. The average molecular weight is 476 g/mol. The number of benzene rings is 1. The molecule has 0 unspecified atom stereocenters. The second-order valence-electron chi connectivity index (χ2n) is 8.44. The van der Waals surface area contributed by atoms with E-state index in [4.69, 9.17) is 0 Å². The molecule has 1 fully saturated rings. The van der Waals surface area contributed by atoms with Gasteiger partial charge in [-0.05, 0) is 48.4 Å². The molecule has 1 aromatic heterocycles. The Morgan fingerprint density at radius 3 is 2.34 bits per heavy atom. The van der Waals surface area contributed by atoms with Crippen LogP contribution in [-0.4, -0.2) is 49.0 Å². The van der Waals surface area contributed by atoms with Crippen LogP contribution in [0.4, 0.5) is 0 Å². The van der Waals surface area contributed by atoms with Gasteiger partial charge in [-0.1, -0.05) is 62.7 Å². The van der Waals surface area contributed by atoms with E-state index in [1.165, 1.54) is 29.1 Å². The lowest BCUT2D eigenvalue weighted by atomic mass is 10.0. The number of carbonyl (C=O) groups is 1. The summed E-state index contributed by atoms with van der Waals surface area (Å²) in [4.78, 5) is 16.6. The summed E-state index contributed by atoms with van der Waals surface area (Å²) in [5.41, 5.74) is 2.51. The van der Waals surface area contributed by atoms with Gasteiger partial charge in [0.05, 0.1) is 10.8 Å². The summed E-state index contributed by atoms with van der Waals surface area (Å²) in [6.07, 6.45) is 6.15. The molecule has 6 nitrogen and oxygen atoms in total. The number of nitrogens with zero attached hydrogens (tertiary/aromatic N) is 2. The van der Waals surface area contributed by atoms with Gasteiger partial charge in [-0.3, -0.25) is 4.79 Å². The Morgan fingerprint density at radius 1 is 1.06 bits per heavy atom. The number of carbonyl (C=O) groups excluding carboxylic acids is 1. The van der Waals surface area contributed by atoms with Crippen molar-refractivity contribution < 1.29 is 13.2 Å². The van der Waals surface area contributed by atoms with Crippen LogP contribution in [0.15, 0.2) is 52.5 Å². The van der Waals surface area contributed by atoms with Crippen molar-refractivity contribution in [3.05, 3.63) is 53.7 Å². The van der Waals surface area contributed by atoms with Crippen molar-refractivity contribution in [2.45, 2.75) is 61.8 Å². The number of pyridine rings is 1. The molecule has 1 aromatic carbocycles. The molecule has 1 N–H and O–H groups in total. The van der Waals surface area contributed by atoms with Crippen molar-refractivity contribution in [3.8, 4) is 0 Å². The molecule has 0 bridgehead atoms. The van der Waals surface area contributed by atoms with E-state index in [0.29, 0.717) is 30.6 Å². The monoisotopic (exact) mass is 475 g/mol. The van der Waals surface area contributed by atoms with E-state index in [2.05, 4.69) is 48.4 Å². The van der Waals surface area contributed by atoms with Crippen molar-refractivity contribution in [2.75, 3.05) is 25.4 Å². The Bertz CT molecular complexity index is 967. The molecule has 1 aliphatic heterocycles. The maximum Gasteiger partial charge on any atom is 0.244 e. The zero-order chi connectivity index (χ0) is 23.0. The summed E-state index contributed by atoms with van der Waals surface area (Å²) in [6.45, 7) is 6.07. The molecule has 1 saturated heterocycles. The first kappa shape index (κ1) is 24.7. The van der Waals surface area contributed by atoms with Gasteiger partial charge in [0.1, 0.15) is 4.90 Å². The van der Waals surface area contributed by atoms with Crippen LogP contribution in [0, 0.1) is 0 Å². The van der Waals surface area contributed by atoms with E-state index in [9.17, 15) is 13.2 Å². The minimum atomic E-state index is -3.50. The SMILES string of the molecule is CC(C)c1ccc(CCNC(=O)CSc2ccc(S(=O)(=O)N3CCCCCC3)cn2)cc1. The molecular weight excluding hydrogens is 442 g/mol. The van der Waals surface area contributed by atoms with Gasteiger partial charge in [0.25, 0.3) is 0 Å². The van der Waals surface area contributed by atoms with E-state index >= 15 is 0 Å². The normalized spacial score (nSPS) is 15.5. The van der Waals surface area contributed by atoms with Gasteiger partial charge in [-0.25, -0.2) is 13.4 Å². The second kappa shape index (κ2) is 11.8. The third kappa shape index (κ3) is 7.05. The zero-order valence-corrected chi connectivity index (χ0v) is 20.6. The molecule has 1 amide bonds. The Hall–Kier alpha value is -1.90. The van der Waals surface area contributed by atoms with Crippen LogP contribution in [0.5, 0.6) is 0 Å². The van der Waals surface area contributed by atoms with E-state index in [1.54, 1.807) is 16.4 Å². The maximum atomic E-state index is 12.8. The number of amides is 1. The third-order valence-corrected chi connectivity index (χ3v) is 8.47. The molecule has 174 valence electrons. The van der Waals surface area contributed by atoms with Gasteiger partial charge < -0.3 is 5.32 Å². The molecule has 2 aromatic rings. The molecule has 0 saturated carbocycles. The Morgan fingerprint density at radius 2 is 1.75 bits per heavy atom. The second-order valence-corrected chi connectivity index (χ2v) is 11.4. The summed E-state index contributed by atoms with van der Waals surface area (Å²) < 4.78 is 27.2. The highest BCUT2D eigenvalue weighted by molar-refractivity contribution is 7.99. The fraction of sp³-hybridized carbons (Fsp3) is 0.500. The molecule has 0 aliphatic carbocycles. The fourth-order valence-electron chi connectivity index (χ4n) is 3.64. The molecule has 32 heavy (non-hydrogen) atoms. The van der Waals surface area contributed by atoms with Crippen LogP contribution in [0.2, 0.25) is 0 Å². The largest absolute Gasteiger partial charge is 0.355 e. The van der Waals surface area contributed by atoms with E-state index in [0.717, 1.165) is 32.1 Å². The fourth-order valence-corrected chi connectivity index (χ4v) is 5.78. The first-order valence-electron chi connectivity index (χ1n) is 11.3. The maximum absolute atomic E-state index is 12.8. The van der Waals surface area contributed by atoms with Gasteiger partial charge in [0.15, 0.2) is 0 Å². The van der Waals surface area contributed by atoms with Crippen LogP contribution in [-0.2, 0) is 21.2 Å². The van der Waals surface area contributed by atoms with E-state index in [1.807, 2.05) is 0 Å². The minimum absolute atomic E-state index is 0.0585. The number of rotatable bonds is 9. The molecule has 8 heteroatoms. The predicted molar refractivity (Wildman–Crippen MR) is 129 cm³/mol. The van der Waals surface area contributed by atoms with Crippen molar-refractivity contribution in [2.24, 2.45) is 0 Å². The number of hydrogen-bond acceptors (Lipinski definition) is 5. The molecule has 0 atom stereocenters. The average Bonchev–Trinajstić information content (AvgIpc) is 3.09. The zero-order valence-electron chi connectivity index (χ0n) is 18.9. The van der Waals surface area contributed by atoms with Crippen molar-refractivity contribution in [3.63, 3.8) is 0 Å². The Balaban J connectivity index is 1.43. The van der Waals surface area contributed by atoms with Gasteiger partial charge >= 0.3 is 0 Å². The molecule has 0 radical (unpaired) electrons. The third-order valence-electron chi connectivity index (χ3n) is 5.65. The number of nitrogens with one attached hydrogen (secondary N) is 1. The quantitative estimate of drug-likeness (QED) is 0.549. The first-order valence-corrected chi connectivity index (χ1v) is 13.7. The van der Waals surface area contributed by atoms with Crippen molar-refractivity contribution in [1.82, 2.24) is 14.6 Å². The predicted octanol–water partition coefficient (Wildman–Crippen LogP) is 4.22. The summed E-state index contributed by atoms with van der Waals surface area (Å²) in [7, 11) is -3.50. The molecule has 2 heterocycles. The number of thioether (sulfide) groups is 1. The standard InChI is InChI=1S/C24H33N3O3S2/c1-19(2)21-9-7-20(8-10-21)13-14-25-23(28)18-31-24-12-11-22(17-26-24)32(29,30)27-15-5-3-4-6-16-27/h7-12,17,19H,3-6,13-16,18H2,1-2H3,(H,25,28).